The minimum atomic E-state index is -0.142. The fraction of sp³-hybridized carbons (Fsp3) is 0.375. The van der Waals surface area contributed by atoms with Crippen LogP contribution in [0.5, 0.6) is 0 Å². The van der Waals surface area contributed by atoms with Gasteiger partial charge < -0.3 is 14.3 Å². The van der Waals surface area contributed by atoms with Crippen LogP contribution in [-0.2, 0) is 27.5 Å². The highest BCUT2D eigenvalue weighted by atomic mass is 16.5. The molecule has 142 valence electrons. The first-order valence-corrected chi connectivity index (χ1v) is 9.58. The van der Waals surface area contributed by atoms with Gasteiger partial charge in [-0.25, -0.2) is 0 Å². The molecule has 1 fully saturated rings. The van der Waals surface area contributed by atoms with Gasteiger partial charge in [-0.1, -0.05) is 72.3 Å². The number of hydrogen-bond acceptors (Lipinski definition) is 3. The van der Waals surface area contributed by atoms with Crippen LogP contribution < -0.4 is 0 Å². The van der Waals surface area contributed by atoms with Crippen LogP contribution in [0, 0.1) is 11.3 Å². The maximum absolute atomic E-state index is 11.5. The Morgan fingerprint density at radius 3 is 1.85 bits per heavy atom. The van der Waals surface area contributed by atoms with E-state index in [9.17, 15) is 4.79 Å². The first-order valence-electron chi connectivity index (χ1n) is 9.58. The summed E-state index contributed by atoms with van der Waals surface area (Å²) in [5.74, 6) is -0.0179. The van der Waals surface area contributed by atoms with Crippen molar-refractivity contribution in [3.63, 3.8) is 0 Å². The Morgan fingerprint density at radius 2 is 1.44 bits per heavy atom. The first kappa shape index (κ1) is 19.5. The molecule has 2 aromatic carbocycles. The minimum Gasteiger partial charge on any atom is -0.376 e. The first-order chi connectivity index (χ1) is 13.2. The second-order valence-corrected chi connectivity index (χ2v) is 7.44. The molecule has 0 unspecified atom stereocenters. The molecule has 27 heavy (non-hydrogen) atoms. The number of aldehydes is 1. The predicted octanol–water partition coefficient (Wildman–Crippen LogP) is 4.96. The van der Waals surface area contributed by atoms with E-state index in [0.29, 0.717) is 26.4 Å². The SMILES string of the molecule is C/C=C1\CC(COCc2ccccc2)(COCc2ccccc2)C[C@H]1C=O. The van der Waals surface area contributed by atoms with Crippen LogP contribution >= 0.6 is 0 Å². The highest BCUT2D eigenvalue weighted by Crippen LogP contribution is 2.45. The van der Waals surface area contributed by atoms with Crippen LogP contribution in [0.2, 0.25) is 0 Å². The number of allylic oxidation sites excluding steroid dienone is 2. The Hall–Kier alpha value is -2.23. The van der Waals surface area contributed by atoms with Crippen molar-refractivity contribution < 1.29 is 14.3 Å². The summed E-state index contributed by atoms with van der Waals surface area (Å²) in [5.41, 5.74) is 3.39. The molecule has 2 aromatic rings. The third-order valence-corrected chi connectivity index (χ3v) is 5.28. The van der Waals surface area contributed by atoms with Gasteiger partial charge in [-0.3, -0.25) is 0 Å². The zero-order valence-corrected chi connectivity index (χ0v) is 16.0. The number of hydrogen-bond donors (Lipinski definition) is 0. The molecule has 3 heteroatoms. The Labute approximate surface area is 162 Å². The summed E-state index contributed by atoms with van der Waals surface area (Å²) in [7, 11) is 0. The fourth-order valence-electron chi connectivity index (χ4n) is 3.87. The van der Waals surface area contributed by atoms with E-state index in [-0.39, 0.29) is 11.3 Å². The van der Waals surface area contributed by atoms with Crippen LogP contribution in [0.15, 0.2) is 72.3 Å². The van der Waals surface area contributed by atoms with E-state index in [2.05, 4.69) is 30.3 Å². The summed E-state index contributed by atoms with van der Waals surface area (Å²) in [6.07, 6.45) is 4.80. The molecule has 3 rings (SSSR count). The molecule has 1 atom stereocenters. The third-order valence-electron chi connectivity index (χ3n) is 5.28. The summed E-state index contributed by atoms with van der Waals surface area (Å²) in [4.78, 5) is 11.5. The molecule has 1 aliphatic rings. The van der Waals surface area contributed by atoms with Gasteiger partial charge in [0.25, 0.3) is 0 Å². The minimum absolute atomic E-state index is 0.0179. The van der Waals surface area contributed by atoms with Crippen LogP contribution in [-0.4, -0.2) is 19.5 Å². The van der Waals surface area contributed by atoms with Gasteiger partial charge in [-0.15, -0.1) is 0 Å². The second-order valence-electron chi connectivity index (χ2n) is 7.44. The van der Waals surface area contributed by atoms with Gasteiger partial charge in [0, 0.05) is 11.3 Å². The highest BCUT2D eigenvalue weighted by molar-refractivity contribution is 5.60. The lowest BCUT2D eigenvalue weighted by Crippen LogP contribution is -2.30. The number of carbonyl (C=O) groups excluding carboxylic acids is 1. The Balaban J connectivity index is 1.62. The second kappa shape index (κ2) is 9.63. The average Bonchev–Trinajstić information content (AvgIpc) is 3.08. The summed E-state index contributed by atoms with van der Waals surface area (Å²) in [6.45, 7) is 4.37. The standard InChI is InChI=1S/C24H28O3/c1-2-22-13-24(14-23(22)15-25,18-26-16-20-9-5-3-6-10-20)19-27-17-21-11-7-4-8-12-21/h2-12,15,23H,13-14,16-19H2,1H3/b22-2+/t23-/m0/s1. The monoisotopic (exact) mass is 364 g/mol. The molecule has 0 saturated heterocycles. The van der Waals surface area contributed by atoms with Gasteiger partial charge in [0.15, 0.2) is 0 Å². The molecular weight excluding hydrogens is 336 g/mol. The topological polar surface area (TPSA) is 35.5 Å². The molecule has 3 nitrogen and oxygen atoms in total. The number of ether oxygens (including phenoxy) is 2. The van der Waals surface area contributed by atoms with Crippen molar-refractivity contribution in [2.24, 2.45) is 11.3 Å². The van der Waals surface area contributed by atoms with Crippen LogP contribution in [0.1, 0.15) is 30.9 Å². The normalized spacial score (nSPS) is 20.0. The summed E-state index contributed by atoms with van der Waals surface area (Å²) in [6, 6.07) is 20.4. The molecule has 0 aromatic heterocycles. The van der Waals surface area contributed by atoms with Gasteiger partial charge in [0.2, 0.25) is 0 Å². The van der Waals surface area contributed by atoms with E-state index in [1.165, 1.54) is 5.57 Å². The van der Waals surface area contributed by atoms with Crippen molar-refractivity contribution in [3.05, 3.63) is 83.4 Å². The van der Waals surface area contributed by atoms with Crippen molar-refractivity contribution in [1.29, 1.82) is 0 Å². The fourth-order valence-corrected chi connectivity index (χ4v) is 3.87. The van der Waals surface area contributed by atoms with E-state index in [1.807, 2.05) is 43.3 Å². The smallest absolute Gasteiger partial charge is 0.127 e. The molecule has 0 spiro atoms. The Kier molecular flexibility index (Phi) is 6.97. The van der Waals surface area contributed by atoms with Crippen LogP contribution in [0.3, 0.4) is 0 Å². The van der Waals surface area contributed by atoms with E-state index in [4.69, 9.17) is 9.47 Å². The average molecular weight is 364 g/mol. The lowest BCUT2D eigenvalue weighted by atomic mass is 9.87. The van der Waals surface area contributed by atoms with Crippen molar-refractivity contribution >= 4 is 6.29 Å². The number of carbonyl (C=O) groups is 1. The van der Waals surface area contributed by atoms with Gasteiger partial charge in [0.05, 0.1) is 26.4 Å². The Morgan fingerprint density at radius 1 is 0.926 bits per heavy atom. The summed E-state index contributed by atoms with van der Waals surface area (Å²) < 4.78 is 12.1. The predicted molar refractivity (Wildman–Crippen MR) is 107 cm³/mol. The van der Waals surface area contributed by atoms with Crippen LogP contribution in [0.4, 0.5) is 0 Å². The van der Waals surface area contributed by atoms with Crippen molar-refractivity contribution in [1.82, 2.24) is 0 Å². The number of rotatable bonds is 9. The van der Waals surface area contributed by atoms with E-state index in [0.717, 1.165) is 30.3 Å². The third kappa shape index (κ3) is 5.38. The lowest BCUT2D eigenvalue weighted by Gasteiger charge is -2.28. The van der Waals surface area contributed by atoms with Gasteiger partial charge in [0.1, 0.15) is 6.29 Å². The van der Waals surface area contributed by atoms with Gasteiger partial charge >= 0.3 is 0 Å². The lowest BCUT2D eigenvalue weighted by molar-refractivity contribution is -0.110. The number of benzene rings is 2. The maximum Gasteiger partial charge on any atom is 0.127 e. The van der Waals surface area contributed by atoms with Crippen LogP contribution in [0.25, 0.3) is 0 Å². The van der Waals surface area contributed by atoms with Gasteiger partial charge in [-0.05, 0) is 30.9 Å². The Bertz CT molecular complexity index is 691. The molecule has 0 aliphatic heterocycles. The zero-order chi connectivity index (χ0) is 19.0. The van der Waals surface area contributed by atoms with E-state index in [1.54, 1.807) is 0 Å². The molecule has 1 aliphatic carbocycles. The molecular formula is C24H28O3. The summed E-state index contributed by atoms with van der Waals surface area (Å²) in [5, 5.41) is 0. The highest BCUT2D eigenvalue weighted by Gasteiger charge is 2.42. The van der Waals surface area contributed by atoms with Crippen molar-refractivity contribution in [3.8, 4) is 0 Å². The van der Waals surface area contributed by atoms with Gasteiger partial charge in [-0.2, -0.15) is 0 Å². The van der Waals surface area contributed by atoms with Crippen molar-refractivity contribution in [2.45, 2.75) is 33.0 Å². The molecule has 0 amide bonds. The van der Waals surface area contributed by atoms with Crippen molar-refractivity contribution in [2.75, 3.05) is 13.2 Å². The largest absolute Gasteiger partial charge is 0.376 e. The molecule has 0 bridgehead atoms. The molecule has 0 heterocycles. The molecule has 0 N–H and O–H groups in total. The zero-order valence-electron chi connectivity index (χ0n) is 16.0. The molecule has 0 radical (unpaired) electrons. The quantitative estimate of drug-likeness (QED) is 0.466. The molecule has 1 saturated carbocycles. The summed E-state index contributed by atoms with van der Waals surface area (Å²) >= 11 is 0. The van der Waals surface area contributed by atoms with E-state index >= 15 is 0 Å². The van der Waals surface area contributed by atoms with E-state index < -0.39 is 0 Å². The maximum atomic E-state index is 11.5.